The van der Waals surface area contributed by atoms with E-state index in [1.165, 1.54) is 5.57 Å². The molecule has 0 aliphatic heterocycles. The molecule has 0 rings (SSSR count). The summed E-state index contributed by atoms with van der Waals surface area (Å²) in [4.78, 5) is 32.5. The molecule has 0 aliphatic carbocycles. The number of hydrogen-bond acceptors (Lipinski definition) is 4. The molecule has 112 valence electrons. The lowest BCUT2D eigenvalue weighted by atomic mass is 10.1. The van der Waals surface area contributed by atoms with Gasteiger partial charge in [0, 0.05) is 0 Å². The molecule has 20 heavy (non-hydrogen) atoms. The van der Waals surface area contributed by atoms with E-state index >= 15 is 0 Å². The minimum Gasteiger partial charge on any atom is -0.480 e. The average molecular weight is 284 g/mol. The largest absolute Gasteiger partial charge is 0.480 e. The molecule has 0 radical (unpaired) electrons. The minimum atomic E-state index is -2.17. The van der Waals surface area contributed by atoms with Gasteiger partial charge in [-0.2, -0.15) is 0 Å². The van der Waals surface area contributed by atoms with Crippen molar-refractivity contribution in [2.45, 2.75) is 33.6 Å². The van der Waals surface area contributed by atoms with E-state index in [4.69, 9.17) is 10.2 Å². The topological polar surface area (TPSA) is 101 Å². The molecule has 0 aromatic carbocycles. The predicted molar refractivity (Wildman–Crippen MR) is 72.1 cm³/mol. The van der Waals surface area contributed by atoms with Gasteiger partial charge in [-0.25, -0.2) is 0 Å². The van der Waals surface area contributed by atoms with Gasteiger partial charge in [-0.05, 0) is 39.7 Å². The van der Waals surface area contributed by atoms with Crippen LogP contribution >= 0.6 is 0 Å². The van der Waals surface area contributed by atoms with Crippen molar-refractivity contribution >= 4 is 17.9 Å². The Morgan fingerprint density at radius 3 is 2.05 bits per heavy atom. The van der Waals surface area contributed by atoms with Crippen LogP contribution in [0.5, 0.6) is 0 Å². The Hall–Kier alpha value is -2.11. The number of carbonyl (C=O) groups excluding carboxylic acids is 1. The maximum Gasteiger partial charge on any atom is 0.332 e. The molecule has 0 fully saturated rings. The van der Waals surface area contributed by atoms with E-state index in [1.54, 1.807) is 6.08 Å². The Morgan fingerprint density at radius 2 is 1.60 bits per heavy atom. The molecule has 0 atom stereocenters. The molecule has 6 nitrogen and oxygen atoms in total. The van der Waals surface area contributed by atoms with Crippen molar-refractivity contribution in [1.82, 2.24) is 0 Å². The number of hydrogen-bond donors (Lipinski definition) is 2. The zero-order valence-corrected chi connectivity index (χ0v) is 11.9. The minimum absolute atomic E-state index is 0.128. The molecule has 0 spiro atoms. The highest BCUT2D eigenvalue weighted by molar-refractivity contribution is 6.11. The van der Waals surface area contributed by atoms with Gasteiger partial charge < -0.3 is 14.9 Å². The summed E-state index contributed by atoms with van der Waals surface area (Å²) in [6.45, 7) is 5.73. The number of esters is 1. The van der Waals surface area contributed by atoms with E-state index in [1.807, 2.05) is 20.8 Å². The van der Waals surface area contributed by atoms with Crippen molar-refractivity contribution < 1.29 is 29.3 Å². The monoisotopic (exact) mass is 284 g/mol. The van der Waals surface area contributed by atoms with Crippen LogP contribution in [-0.4, -0.2) is 34.7 Å². The third-order valence-electron chi connectivity index (χ3n) is 2.48. The van der Waals surface area contributed by atoms with Crippen molar-refractivity contribution in [3.05, 3.63) is 23.3 Å². The Labute approximate surface area is 117 Å². The number of carbonyl (C=O) groups is 3. The van der Waals surface area contributed by atoms with Crippen LogP contribution in [0.4, 0.5) is 0 Å². The maximum atomic E-state index is 11.3. The lowest BCUT2D eigenvalue weighted by Gasteiger charge is -2.07. The van der Waals surface area contributed by atoms with Crippen LogP contribution in [0.1, 0.15) is 33.6 Å². The second-order valence-corrected chi connectivity index (χ2v) is 4.61. The Bertz CT molecular complexity index is 415. The van der Waals surface area contributed by atoms with Gasteiger partial charge in [-0.15, -0.1) is 0 Å². The molecule has 0 saturated carbocycles. The normalized spacial score (nSPS) is 11.1. The van der Waals surface area contributed by atoms with Gasteiger partial charge in [-0.1, -0.05) is 17.2 Å². The number of allylic oxidation sites excluding steroid dienone is 3. The summed E-state index contributed by atoms with van der Waals surface area (Å²) in [5.74, 6) is -6.90. The van der Waals surface area contributed by atoms with Crippen molar-refractivity contribution in [2.24, 2.45) is 5.92 Å². The summed E-state index contributed by atoms with van der Waals surface area (Å²) >= 11 is 0. The zero-order valence-electron chi connectivity index (χ0n) is 11.9. The van der Waals surface area contributed by atoms with Gasteiger partial charge in [-0.3, -0.25) is 14.4 Å². The van der Waals surface area contributed by atoms with Crippen LogP contribution in [0.2, 0.25) is 0 Å². The molecular formula is C14H20O6. The van der Waals surface area contributed by atoms with E-state index in [9.17, 15) is 14.4 Å². The first kappa shape index (κ1) is 17.9. The van der Waals surface area contributed by atoms with Crippen LogP contribution in [0.3, 0.4) is 0 Å². The second kappa shape index (κ2) is 8.90. The number of rotatable bonds is 8. The van der Waals surface area contributed by atoms with Gasteiger partial charge in [0.15, 0.2) is 0 Å². The summed E-state index contributed by atoms with van der Waals surface area (Å²) < 4.78 is 4.63. The fourth-order valence-electron chi connectivity index (χ4n) is 1.35. The molecule has 0 bridgehead atoms. The number of carboxylic acid groups (broad SMARTS) is 2. The van der Waals surface area contributed by atoms with Gasteiger partial charge in [0.1, 0.15) is 6.61 Å². The van der Waals surface area contributed by atoms with E-state index in [-0.39, 0.29) is 6.61 Å². The molecular weight excluding hydrogens is 264 g/mol. The highest BCUT2D eigenvalue weighted by Crippen LogP contribution is 2.07. The molecule has 0 aromatic rings. The molecule has 0 amide bonds. The number of carboxylic acids is 2. The van der Waals surface area contributed by atoms with Crippen molar-refractivity contribution in [2.75, 3.05) is 6.61 Å². The van der Waals surface area contributed by atoms with Gasteiger partial charge >= 0.3 is 17.9 Å². The van der Waals surface area contributed by atoms with Crippen LogP contribution < -0.4 is 0 Å². The van der Waals surface area contributed by atoms with Crippen LogP contribution in [-0.2, 0) is 19.1 Å². The lowest BCUT2D eigenvalue weighted by molar-refractivity contribution is -0.166. The SMILES string of the molecule is CC(C)=CCCC(C)=CCOC(=O)C(C(=O)O)C(=O)O. The summed E-state index contributed by atoms with van der Waals surface area (Å²) in [6.07, 6.45) is 5.38. The lowest BCUT2D eigenvalue weighted by Crippen LogP contribution is -2.33. The highest BCUT2D eigenvalue weighted by atomic mass is 16.5. The van der Waals surface area contributed by atoms with Crippen molar-refractivity contribution in [3.8, 4) is 0 Å². The molecule has 6 heteroatoms. The van der Waals surface area contributed by atoms with Crippen molar-refractivity contribution in [1.29, 1.82) is 0 Å². The second-order valence-electron chi connectivity index (χ2n) is 4.61. The van der Waals surface area contributed by atoms with Gasteiger partial charge in [0.25, 0.3) is 0 Å². The van der Waals surface area contributed by atoms with Gasteiger partial charge in [0.2, 0.25) is 5.92 Å². The van der Waals surface area contributed by atoms with Crippen LogP contribution in [0.25, 0.3) is 0 Å². The first-order valence-electron chi connectivity index (χ1n) is 6.17. The first-order chi connectivity index (χ1) is 9.25. The third kappa shape index (κ3) is 7.35. The summed E-state index contributed by atoms with van der Waals surface area (Å²) in [5, 5.41) is 17.2. The molecule has 0 unspecified atom stereocenters. The van der Waals surface area contributed by atoms with E-state index in [0.29, 0.717) is 0 Å². The maximum absolute atomic E-state index is 11.3. The van der Waals surface area contributed by atoms with Crippen molar-refractivity contribution in [3.63, 3.8) is 0 Å². The molecule has 2 N–H and O–H groups in total. The molecule has 0 heterocycles. The smallest absolute Gasteiger partial charge is 0.332 e. The van der Waals surface area contributed by atoms with E-state index in [0.717, 1.165) is 18.4 Å². The fraction of sp³-hybridized carbons (Fsp3) is 0.500. The first-order valence-corrected chi connectivity index (χ1v) is 6.17. The molecule has 0 aromatic heterocycles. The summed E-state index contributed by atoms with van der Waals surface area (Å²) in [6, 6.07) is 0. The number of ether oxygens (including phenoxy) is 1. The third-order valence-corrected chi connectivity index (χ3v) is 2.48. The quantitative estimate of drug-likeness (QED) is 0.401. The van der Waals surface area contributed by atoms with E-state index < -0.39 is 23.8 Å². The average Bonchev–Trinajstić information content (AvgIpc) is 2.27. The highest BCUT2D eigenvalue weighted by Gasteiger charge is 2.35. The standard InChI is InChI=1S/C14H20O6/c1-9(2)5-4-6-10(3)7-8-20-14(19)11(12(15)16)13(17)18/h5,7,11H,4,6,8H2,1-3H3,(H,15,16)(H,17,18). The fourth-order valence-corrected chi connectivity index (χ4v) is 1.35. The van der Waals surface area contributed by atoms with Crippen LogP contribution in [0, 0.1) is 5.92 Å². The Kier molecular flexibility index (Phi) is 7.96. The number of aliphatic carboxylic acids is 2. The Morgan fingerprint density at radius 1 is 1.05 bits per heavy atom. The summed E-state index contributed by atoms with van der Waals surface area (Å²) in [5.41, 5.74) is 2.20. The molecule has 0 aliphatic rings. The zero-order chi connectivity index (χ0) is 15.7. The van der Waals surface area contributed by atoms with Crippen LogP contribution in [0.15, 0.2) is 23.3 Å². The Balaban J connectivity index is 4.27. The predicted octanol–water partition coefficient (Wildman–Crippen LogP) is 2.01. The van der Waals surface area contributed by atoms with Gasteiger partial charge in [0.05, 0.1) is 0 Å². The summed E-state index contributed by atoms with van der Waals surface area (Å²) in [7, 11) is 0. The molecule has 0 saturated heterocycles. The van der Waals surface area contributed by atoms with E-state index in [2.05, 4.69) is 10.8 Å².